The van der Waals surface area contributed by atoms with Crippen molar-refractivity contribution in [2.45, 2.75) is 39.0 Å². The van der Waals surface area contributed by atoms with Crippen LogP contribution < -0.4 is 15.4 Å². The average molecular weight is 437 g/mol. The molecule has 168 valence electrons. The number of hydrogen-bond donors (Lipinski definition) is 2. The van der Waals surface area contributed by atoms with Gasteiger partial charge in [-0.2, -0.15) is 0 Å². The Morgan fingerprint density at radius 1 is 0.969 bits per heavy atom. The van der Waals surface area contributed by atoms with Crippen LogP contribution in [0.4, 0.5) is 16.2 Å². The van der Waals surface area contributed by atoms with Crippen LogP contribution in [-0.2, 0) is 9.53 Å². The fraction of sp³-hybridized carbons (Fsp3) is 0.320. The second-order valence-corrected chi connectivity index (χ2v) is 7.59. The van der Waals surface area contributed by atoms with Crippen molar-refractivity contribution in [3.8, 4) is 5.75 Å². The lowest BCUT2D eigenvalue weighted by Crippen LogP contribution is -2.13. The minimum absolute atomic E-state index is 0.184. The number of nitrogens with one attached hydrogen (secondary N) is 2. The van der Waals surface area contributed by atoms with E-state index in [4.69, 9.17) is 9.47 Å². The van der Waals surface area contributed by atoms with Crippen molar-refractivity contribution in [2.75, 3.05) is 17.2 Å². The van der Waals surface area contributed by atoms with Crippen molar-refractivity contribution in [3.63, 3.8) is 0 Å². The van der Waals surface area contributed by atoms with Crippen molar-refractivity contribution in [1.29, 1.82) is 0 Å². The first-order valence-corrected chi connectivity index (χ1v) is 10.9. The van der Waals surface area contributed by atoms with Crippen molar-refractivity contribution >= 4 is 29.3 Å². The van der Waals surface area contributed by atoms with Gasteiger partial charge in [0.15, 0.2) is 0 Å². The van der Waals surface area contributed by atoms with Crippen molar-refractivity contribution in [3.05, 3.63) is 66.2 Å². The molecule has 0 heterocycles. The largest absolute Gasteiger partial charge is 0.513 e. The van der Waals surface area contributed by atoms with Crippen LogP contribution in [0.25, 0.3) is 0 Å². The second-order valence-electron chi connectivity index (χ2n) is 7.59. The second kappa shape index (κ2) is 11.7. The highest BCUT2D eigenvalue weighted by Crippen LogP contribution is 2.24. The summed E-state index contributed by atoms with van der Waals surface area (Å²) in [5, 5.41) is 5.63. The third kappa shape index (κ3) is 7.27. The molecule has 1 aliphatic carbocycles. The molecule has 1 saturated carbocycles. The maximum atomic E-state index is 12.5. The normalized spacial score (nSPS) is 14.0. The number of hydrogen-bond acceptors (Lipinski definition) is 5. The number of allylic oxidation sites excluding steroid dienone is 1. The Balaban J connectivity index is 1.54. The van der Waals surface area contributed by atoms with E-state index >= 15 is 0 Å². The van der Waals surface area contributed by atoms with Crippen LogP contribution >= 0.6 is 0 Å². The summed E-state index contributed by atoms with van der Waals surface area (Å²) in [6.07, 6.45) is 8.80. The zero-order valence-corrected chi connectivity index (χ0v) is 18.1. The fourth-order valence-electron chi connectivity index (χ4n) is 3.53. The molecule has 1 fully saturated rings. The highest BCUT2D eigenvalue weighted by Gasteiger charge is 2.11. The van der Waals surface area contributed by atoms with Gasteiger partial charge in [-0.15, -0.1) is 0 Å². The lowest BCUT2D eigenvalue weighted by molar-refractivity contribution is -0.111. The Kier molecular flexibility index (Phi) is 8.43. The third-order valence-corrected chi connectivity index (χ3v) is 5.14. The van der Waals surface area contributed by atoms with Gasteiger partial charge < -0.3 is 20.1 Å². The Hall–Kier alpha value is -3.61. The summed E-state index contributed by atoms with van der Waals surface area (Å²) in [6, 6.07) is 13.1. The molecule has 0 aliphatic heterocycles. The SMILES string of the molecule is CCOC(=O)Oc1ccc(C(=O)Nc2cccc(NC(=O)/C=C/C3CCCCC3)c2)cc1. The first kappa shape index (κ1) is 23.1. The zero-order chi connectivity index (χ0) is 22.8. The maximum absolute atomic E-state index is 12.5. The molecule has 2 aromatic rings. The maximum Gasteiger partial charge on any atom is 0.513 e. The number of carbonyl (C=O) groups is 3. The summed E-state index contributed by atoms with van der Waals surface area (Å²) in [4.78, 5) is 36.1. The Bertz CT molecular complexity index is 963. The summed E-state index contributed by atoms with van der Waals surface area (Å²) in [5.41, 5.74) is 1.54. The summed E-state index contributed by atoms with van der Waals surface area (Å²) >= 11 is 0. The van der Waals surface area contributed by atoms with Gasteiger partial charge in [-0.25, -0.2) is 4.79 Å². The topological polar surface area (TPSA) is 93.7 Å². The quantitative estimate of drug-likeness (QED) is 0.337. The van der Waals surface area contributed by atoms with Crippen LogP contribution in [0, 0.1) is 5.92 Å². The van der Waals surface area contributed by atoms with Gasteiger partial charge in [0, 0.05) is 16.9 Å². The van der Waals surface area contributed by atoms with E-state index < -0.39 is 6.16 Å². The zero-order valence-electron chi connectivity index (χ0n) is 18.1. The van der Waals surface area contributed by atoms with Crippen LogP contribution in [-0.4, -0.2) is 24.6 Å². The molecule has 0 saturated heterocycles. The molecule has 2 amide bonds. The van der Waals surface area contributed by atoms with Crippen LogP contribution in [0.5, 0.6) is 5.75 Å². The molecule has 0 atom stereocenters. The van der Waals surface area contributed by atoms with E-state index in [9.17, 15) is 14.4 Å². The monoisotopic (exact) mass is 436 g/mol. The predicted molar refractivity (Wildman–Crippen MR) is 123 cm³/mol. The van der Waals surface area contributed by atoms with E-state index in [-0.39, 0.29) is 24.2 Å². The van der Waals surface area contributed by atoms with Gasteiger partial charge in [0.25, 0.3) is 5.91 Å². The van der Waals surface area contributed by atoms with Crippen molar-refractivity contribution in [2.24, 2.45) is 5.92 Å². The van der Waals surface area contributed by atoms with Crippen LogP contribution in [0.1, 0.15) is 49.4 Å². The molecular formula is C25H28N2O5. The molecule has 0 spiro atoms. The predicted octanol–water partition coefficient (Wildman–Crippen LogP) is 5.55. The number of ether oxygens (including phenoxy) is 2. The van der Waals surface area contributed by atoms with E-state index in [1.54, 1.807) is 49.4 Å². The van der Waals surface area contributed by atoms with E-state index in [2.05, 4.69) is 10.6 Å². The van der Waals surface area contributed by atoms with Crippen LogP contribution in [0.15, 0.2) is 60.7 Å². The number of benzene rings is 2. The molecule has 1 aliphatic rings. The van der Waals surface area contributed by atoms with E-state index in [1.807, 2.05) is 6.08 Å². The molecule has 0 radical (unpaired) electrons. The van der Waals surface area contributed by atoms with Crippen LogP contribution in [0.3, 0.4) is 0 Å². The van der Waals surface area contributed by atoms with Crippen molar-refractivity contribution < 1.29 is 23.9 Å². The number of carbonyl (C=O) groups excluding carboxylic acids is 3. The summed E-state index contributed by atoms with van der Waals surface area (Å²) < 4.78 is 9.69. The minimum Gasteiger partial charge on any atom is -0.434 e. The minimum atomic E-state index is -0.794. The number of rotatable bonds is 7. The first-order valence-electron chi connectivity index (χ1n) is 10.9. The van der Waals surface area contributed by atoms with Crippen LogP contribution in [0.2, 0.25) is 0 Å². The van der Waals surface area contributed by atoms with Gasteiger partial charge in [-0.3, -0.25) is 9.59 Å². The van der Waals surface area contributed by atoms with Gasteiger partial charge in [0.05, 0.1) is 6.61 Å². The van der Waals surface area contributed by atoms with Crippen molar-refractivity contribution in [1.82, 2.24) is 0 Å². The van der Waals surface area contributed by atoms with Gasteiger partial charge in [0.1, 0.15) is 5.75 Å². The lowest BCUT2D eigenvalue weighted by Gasteiger charge is -2.17. The Morgan fingerprint density at radius 3 is 2.34 bits per heavy atom. The fourth-order valence-corrected chi connectivity index (χ4v) is 3.53. The molecule has 0 aromatic heterocycles. The highest BCUT2D eigenvalue weighted by atomic mass is 16.7. The van der Waals surface area contributed by atoms with Gasteiger partial charge in [-0.05, 0) is 74.2 Å². The summed E-state index contributed by atoms with van der Waals surface area (Å²) in [7, 11) is 0. The summed E-state index contributed by atoms with van der Waals surface area (Å²) in [5.74, 6) is 0.254. The number of anilines is 2. The van der Waals surface area contributed by atoms with Gasteiger partial charge in [-0.1, -0.05) is 31.4 Å². The van der Waals surface area contributed by atoms with E-state index in [0.29, 0.717) is 22.9 Å². The third-order valence-electron chi connectivity index (χ3n) is 5.14. The van der Waals surface area contributed by atoms with Gasteiger partial charge >= 0.3 is 6.16 Å². The molecular weight excluding hydrogens is 408 g/mol. The average Bonchev–Trinajstić information content (AvgIpc) is 2.79. The smallest absolute Gasteiger partial charge is 0.434 e. The lowest BCUT2D eigenvalue weighted by atomic mass is 9.89. The van der Waals surface area contributed by atoms with Gasteiger partial charge in [0.2, 0.25) is 5.91 Å². The molecule has 2 aromatic carbocycles. The molecule has 7 heteroatoms. The molecule has 3 rings (SSSR count). The Labute approximate surface area is 187 Å². The van der Waals surface area contributed by atoms with E-state index in [0.717, 1.165) is 12.8 Å². The molecule has 2 N–H and O–H groups in total. The first-order chi connectivity index (χ1) is 15.5. The molecule has 0 unspecified atom stereocenters. The highest BCUT2D eigenvalue weighted by molar-refractivity contribution is 6.05. The molecule has 7 nitrogen and oxygen atoms in total. The summed E-state index contributed by atoms with van der Waals surface area (Å²) in [6.45, 7) is 1.90. The molecule has 32 heavy (non-hydrogen) atoms. The molecule has 0 bridgehead atoms. The Morgan fingerprint density at radius 2 is 1.66 bits per heavy atom. The standard InChI is InChI=1S/C25H28N2O5/c1-2-31-25(30)32-22-14-12-19(13-15-22)24(29)27-21-10-6-9-20(17-21)26-23(28)16-11-18-7-4-3-5-8-18/h6,9-18H,2-5,7-8H2,1H3,(H,26,28)(H,27,29)/b16-11+. The van der Waals surface area contributed by atoms with E-state index in [1.165, 1.54) is 31.4 Å². The number of amides is 2.